The molecule has 2 aromatic heterocycles. The van der Waals surface area contributed by atoms with Crippen LogP contribution < -0.4 is 9.80 Å². The van der Waals surface area contributed by atoms with Crippen LogP contribution >= 0.6 is 15.9 Å². The van der Waals surface area contributed by atoms with Crippen LogP contribution in [-0.4, -0.2) is 59.9 Å². The third-order valence-electron chi connectivity index (χ3n) is 7.17. The number of hydrogen-bond donors (Lipinski definition) is 1. The van der Waals surface area contributed by atoms with Gasteiger partial charge in [-0.3, -0.25) is 19.5 Å². The molecule has 6 rings (SSSR count). The fourth-order valence-electron chi connectivity index (χ4n) is 5.11. The van der Waals surface area contributed by atoms with Crippen molar-refractivity contribution in [3.63, 3.8) is 0 Å². The van der Waals surface area contributed by atoms with Gasteiger partial charge < -0.3 is 19.3 Å². The van der Waals surface area contributed by atoms with Crippen LogP contribution in [0.2, 0.25) is 0 Å². The highest BCUT2D eigenvalue weighted by molar-refractivity contribution is 9.10. The minimum Gasteiger partial charge on any atom is -0.503 e. The number of halogens is 1. The van der Waals surface area contributed by atoms with Gasteiger partial charge in [0.15, 0.2) is 11.5 Å². The average molecular weight is 573 g/mol. The van der Waals surface area contributed by atoms with E-state index in [1.165, 1.54) is 4.90 Å². The molecule has 38 heavy (non-hydrogen) atoms. The number of nitrogens with zero attached hydrogens (tertiary/aromatic N) is 4. The summed E-state index contributed by atoms with van der Waals surface area (Å²) in [6.07, 6.45) is 3.20. The van der Waals surface area contributed by atoms with Crippen molar-refractivity contribution in [3.05, 3.63) is 100 Å². The summed E-state index contributed by atoms with van der Waals surface area (Å²) in [6.45, 7) is 3.82. The number of likely N-dealkylation sites (N-methyl/N-ethyl adjacent to an activating group) is 1. The van der Waals surface area contributed by atoms with Gasteiger partial charge in [-0.05, 0) is 73.3 Å². The second-order valence-electron chi connectivity index (χ2n) is 9.55. The Balaban J connectivity index is 1.38. The van der Waals surface area contributed by atoms with E-state index in [9.17, 15) is 14.7 Å². The number of aliphatic hydroxyl groups is 1. The Morgan fingerprint density at radius 2 is 1.66 bits per heavy atom. The van der Waals surface area contributed by atoms with Crippen LogP contribution in [0.15, 0.2) is 93.3 Å². The second kappa shape index (κ2) is 9.74. The van der Waals surface area contributed by atoms with E-state index >= 15 is 0 Å². The molecule has 0 spiro atoms. The Kier molecular flexibility index (Phi) is 6.25. The molecule has 1 atom stereocenters. The molecule has 0 bridgehead atoms. The van der Waals surface area contributed by atoms with Crippen LogP contribution in [-0.2, 0) is 4.79 Å². The molecule has 8 nitrogen and oxygen atoms in total. The summed E-state index contributed by atoms with van der Waals surface area (Å²) in [5, 5.41) is 11.8. The van der Waals surface area contributed by atoms with E-state index in [4.69, 9.17) is 4.42 Å². The van der Waals surface area contributed by atoms with Crippen LogP contribution in [0.5, 0.6) is 0 Å². The summed E-state index contributed by atoms with van der Waals surface area (Å²) >= 11 is 3.43. The Morgan fingerprint density at radius 3 is 2.37 bits per heavy atom. The molecule has 0 radical (unpaired) electrons. The molecule has 0 saturated carbocycles. The highest BCUT2D eigenvalue weighted by atomic mass is 79.9. The van der Waals surface area contributed by atoms with Gasteiger partial charge in [0.1, 0.15) is 5.58 Å². The van der Waals surface area contributed by atoms with E-state index in [1.54, 1.807) is 36.7 Å². The summed E-state index contributed by atoms with van der Waals surface area (Å²) in [5.41, 5.74) is 2.82. The molecule has 1 fully saturated rings. The minimum absolute atomic E-state index is 0.0255. The average Bonchev–Trinajstić information content (AvgIpc) is 3.47. The molecule has 9 heteroatoms. The summed E-state index contributed by atoms with van der Waals surface area (Å²) in [4.78, 5) is 37.4. The van der Waals surface area contributed by atoms with Crippen molar-refractivity contribution in [1.82, 2.24) is 9.88 Å². The Morgan fingerprint density at radius 1 is 0.974 bits per heavy atom. The van der Waals surface area contributed by atoms with E-state index in [0.717, 1.165) is 41.7 Å². The van der Waals surface area contributed by atoms with E-state index in [-0.39, 0.29) is 11.3 Å². The van der Waals surface area contributed by atoms with Crippen molar-refractivity contribution in [2.45, 2.75) is 6.04 Å². The predicted octanol–water partition coefficient (Wildman–Crippen LogP) is 5.13. The predicted molar refractivity (Wildman–Crippen MR) is 149 cm³/mol. The molecule has 1 amide bonds. The second-order valence-corrected chi connectivity index (χ2v) is 10.5. The normalized spacial score (nSPS) is 18.6. The summed E-state index contributed by atoms with van der Waals surface area (Å²) < 4.78 is 6.68. The van der Waals surface area contributed by atoms with Crippen molar-refractivity contribution in [1.29, 1.82) is 0 Å². The zero-order chi connectivity index (χ0) is 26.4. The lowest BCUT2D eigenvalue weighted by atomic mass is 9.95. The standard InChI is InChI=1S/C29H25BrN4O4/c1-32-12-14-33(15-13-32)21-3-5-22(6-4-21)34-26(18-8-10-31-11-9-18)25(28(36)29(34)37)27(35)24-17-19-16-20(30)2-7-23(19)38-24/h2-11,16-17,26,36H,12-15H2,1H3. The van der Waals surface area contributed by atoms with Gasteiger partial charge in [-0.2, -0.15) is 0 Å². The SMILES string of the molecule is CN1CCN(c2ccc(N3C(=O)C(O)=C(C(=O)c4cc5cc(Br)ccc5o4)C3c3ccncc3)cc2)CC1. The zero-order valence-corrected chi connectivity index (χ0v) is 22.3. The van der Waals surface area contributed by atoms with E-state index in [0.29, 0.717) is 16.8 Å². The number of fused-ring (bicyclic) bond motifs is 1. The van der Waals surface area contributed by atoms with Gasteiger partial charge in [0.05, 0.1) is 11.6 Å². The molecule has 4 aromatic rings. The van der Waals surface area contributed by atoms with Crippen molar-refractivity contribution >= 4 is 50.0 Å². The molecule has 2 aliphatic rings. The van der Waals surface area contributed by atoms with Crippen molar-refractivity contribution < 1.29 is 19.1 Å². The van der Waals surface area contributed by atoms with Gasteiger partial charge >= 0.3 is 0 Å². The van der Waals surface area contributed by atoms with Gasteiger partial charge in [0.25, 0.3) is 5.91 Å². The lowest BCUT2D eigenvalue weighted by molar-refractivity contribution is -0.117. The first-order valence-electron chi connectivity index (χ1n) is 12.3. The molecule has 1 saturated heterocycles. The maximum atomic E-state index is 13.8. The number of carbonyl (C=O) groups excluding carboxylic acids is 2. The fraction of sp³-hybridized carbons (Fsp3) is 0.207. The van der Waals surface area contributed by atoms with Gasteiger partial charge in [-0.25, -0.2) is 0 Å². The Bertz CT molecular complexity index is 1560. The number of carbonyl (C=O) groups is 2. The van der Waals surface area contributed by atoms with Crippen molar-refractivity contribution in [2.24, 2.45) is 0 Å². The largest absolute Gasteiger partial charge is 0.503 e. The maximum Gasteiger partial charge on any atom is 0.294 e. The number of aliphatic hydroxyl groups excluding tert-OH is 1. The van der Waals surface area contributed by atoms with Gasteiger partial charge in [0.2, 0.25) is 5.78 Å². The summed E-state index contributed by atoms with van der Waals surface area (Å²) in [7, 11) is 2.11. The molecule has 1 N–H and O–H groups in total. The lowest BCUT2D eigenvalue weighted by Gasteiger charge is -2.34. The monoisotopic (exact) mass is 572 g/mol. The van der Waals surface area contributed by atoms with Gasteiger partial charge in [0, 0.05) is 59.8 Å². The van der Waals surface area contributed by atoms with Crippen LogP contribution in [0.4, 0.5) is 11.4 Å². The third-order valence-corrected chi connectivity index (χ3v) is 7.67. The number of amides is 1. The van der Waals surface area contributed by atoms with Crippen LogP contribution in [0.1, 0.15) is 22.2 Å². The van der Waals surface area contributed by atoms with Gasteiger partial charge in [-0.15, -0.1) is 0 Å². The molecule has 4 heterocycles. The van der Waals surface area contributed by atoms with Crippen LogP contribution in [0.25, 0.3) is 11.0 Å². The van der Waals surface area contributed by atoms with Crippen molar-refractivity contribution in [3.8, 4) is 0 Å². The summed E-state index contributed by atoms with van der Waals surface area (Å²) in [5.74, 6) is -1.71. The zero-order valence-electron chi connectivity index (χ0n) is 20.7. The first-order valence-corrected chi connectivity index (χ1v) is 13.1. The first kappa shape index (κ1) is 24.4. The number of furan rings is 1. The lowest BCUT2D eigenvalue weighted by Crippen LogP contribution is -2.44. The number of piperazine rings is 1. The van der Waals surface area contributed by atoms with Crippen molar-refractivity contribution in [2.75, 3.05) is 43.0 Å². The maximum absolute atomic E-state index is 13.8. The van der Waals surface area contributed by atoms with E-state index in [1.807, 2.05) is 36.4 Å². The summed E-state index contributed by atoms with van der Waals surface area (Å²) in [6, 6.07) is 17.4. The minimum atomic E-state index is -0.840. The number of hydrogen-bond acceptors (Lipinski definition) is 7. The van der Waals surface area contributed by atoms with Gasteiger partial charge in [-0.1, -0.05) is 15.9 Å². The Hall–Kier alpha value is -3.95. The molecular weight excluding hydrogens is 548 g/mol. The molecule has 2 aliphatic heterocycles. The number of aromatic nitrogens is 1. The van der Waals surface area contributed by atoms with Crippen LogP contribution in [0.3, 0.4) is 0 Å². The number of benzene rings is 2. The molecule has 1 unspecified atom stereocenters. The Labute approximate surface area is 227 Å². The first-order chi connectivity index (χ1) is 18.4. The van der Waals surface area contributed by atoms with E-state index < -0.39 is 23.5 Å². The van der Waals surface area contributed by atoms with E-state index in [2.05, 4.69) is 37.8 Å². The third kappa shape index (κ3) is 4.27. The smallest absolute Gasteiger partial charge is 0.294 e. The fourth-order valence-corrected chi connectivity index (χ4v) is 5.49. The molecule has 0 aliphatic carbocycles. The molecular formula is C29H25BrN4O4. The quantitative estimate of drug-likeness (QED) is 0.332. The molecule has 2 aromatic carbocycles. The number of anilines is 2. The number of ketones is 1. The number of rotatable bonds is 5. The van der Waals surface area contributed by atoms with Crippen LogP contribution in [0, 0.1) is 0 Å². The topological polar surface area (TPSA) is 90.1 Å². The molecule has 192 valence electrons. The number of pyridine rings is 1. The number of Topliss-reactive ketones (excluding diaryl/α,β-unsaturated/α-hetero) is 1. The highest BCUT2D eigenvalue weighted by Gasteiger charge is 2.45. The highest BCUT2D eigenvalue weighted by Crippen LogP contribution is 2.42.